The van der Waals surface area contributed by atoms with Crippen LogP contribution in [0, 0.1) is 0 Å². The Morgan fingerprint density at radius 2 is 1.91 bits per heavy atom. The lowest BCUT2D eigenvalue weighted by Crippen LogP contribution is -2.44. The minimum absolute atomic E-state index is 0.0891. The van der Waals surface area contributed by atoms with Crippen LogP contribution in [0.1, 0.15) is 20.3 Å². The number of oxime groups is 1. The molecule has 2 aromatic carbocycles. The van der Waals surface area contributed by atoms with E-state index in [1.165, 1.54) is 12.0 Å². The normalized spacial score (nSPS) is 17.4. The first kappa shape index (κ1) is 21.8. The summed E-state index contributed by atoms with van der Waals surface area (Å²) in [6.45, 7) is 5.41. The average Bonchev–Trinajstić information content (AvgIpc) is 3.37. The molecule has 168 valence electrons. The Hall–Kier alpha value is -3.39. The van der Waals surface area contributed by atoms with Crippen LogP contribution in [0.3, 0.4) is 0 Å². The quantitative estimate of drug-likeness (QED) is 0.576. The number of hydrogen-bond acceptors (Lipinski definition) is 5. The molecule has 1 N–H and O–H groups in total. The first-order chi connectivity index (χ1) is 15.6. The first-order valence-corrected chi connectivity index (χ1v) is 10.8. The number of benzene rings is 2. The van der Waals surface area contributed by atoms with Crippen LogP contribution in [0.2, 0.25) is 0 Å². The minimum atomic E-state index is -0.662. The van der Waals surface area contributed by atoms with E-state index in [-0.39, 0.29) is 25.0 Å². The van der Waals surface area contributed by atoms with Gasteiger partial charge in [0.1, 0.15) is 19.3 Å². The molecule has 2 heterocycles. The summed E-state index contributed by atoms with van der Waals surface area (Å²) in [6.07, 6.45) is 0.332. The average molecular weight is 437 g/mol. The van der Waals surface area contributed by atoms with E-state index in [0.29, 0.717) is 24.4 Å². The van der Waals surface area contributed by atoms with Crippen LogP contribution in [0.5, 0.6) is 0 Å². The van der Waals surface area contributed by atoms with Crippen LogP contribution < -0.4 is 5.32 Å². The number of amides is 2. The van der Waals surface area contributed by atoms with Gasteiger partial charge in [-0.05, 0) is 38.1 Å². The van der Waals surface area contributed by atoms with Crippen LogP contribution >= 0.6 is 0 Å². The zero-order valence-corrected chi connectivity index (χ0v) is 18.6. The Morgan fingerprint density at radius 1 is 1.12 bits per heavy atom. The second-order valence-electron chi connectivity index (χ2n) is 7.73. The number of anilines is 1. The number of carbonyl (C=O) groups is 2. The van der Waals surface area contributed by atoms with Crippen molar-refractivity contribution in [1.29, 1.82) is 0 Å². The molecule has 1 aromatic heterocycles. The van der Waals surface area contributed by atoms with E-state index in [4.69, 9.17) is 9.57 Å². The summed E-state index contributed by atoms with van der Waals surface area (Å²) in [5, 5.41) is 9.28. The summed E-state index contributed by atoms with van der Waals surface area (Å²) in [4.78, 5) is 32.3. The maximum atomic E-state index is 13.2. The molecule has 8 nitrogen and oxygen atoms in total. The van der Waals surface area contributed by atoms with Crippen molar-refractivity contribution in [3.63, 3.8) is 0 Å². The van der Waals surface area contributed by atoms with Crippen molar-refractivity contribution in [1.82, 2.24) is 9.47 Å². The molecule has 0 spiro atoms. The molecule has 4 rings (SSSR count). The Balaban J connectivity index is 1.62. The van der Waals surface area contributed by atoms with E-state index in [0.717, 1.165) is 28.4 Å². The molecule has 2 amide bonds. The molecular formula is C24H28N4O4. The van der Waals surface area contributed by atoms with E-state index in [2.05, 4.69) is 34.1 Å². The summed E-state index contributed by atoms with van der Waals surface area (Å²) in [5.74, 6) is -0.509. The Kier molecular flexibility index (Phi) is 6.41. The molecule has 1 saturated heterocycles. The van der Waals surface area contributed by atoms with Crippen molar-refractivity contribution >= 4 is 45.0 Å². The third kappa shape index (κ3) is 4.05. The third-order valence-electron chi connectivity index (χ3n) is 5.73. The Bertz CT molecular complexity index is 1180. The topological polar surface area (TPSA) is 85.2 Å². The number of nitrogens with one attached hydrogen (secondary N) is 1. The van der Waals surface area contributed by atoms with Gasteiger partial charge in [-0.25, -0.2) is 0 Å². The summed E-state index contributed by atoms with van der Waals surface area (Å²) in [7, 11) is 1.46. The molecule has 1 aliphatic rings. The number of hydrogen-bond donors (Lipinski definition) is 1. The van der Waals surface area contributed by atoms with Gasteiger partial charge in [0.05, 0.1) is 12.3 Å². The van der Waals surface area contributed by atoms with Gasteiger partial charge in [0.25, 0.3) is 0 Å². The largest absolute Gasteiger partial charge is 0.396 e. The second-order valence-corrected chi connectivity index (χ2v) is 7.73. The molecule has 0 radical (unpaired) electrons. The Morgan fingerprint density at radius 3 is 2.66 bits per heavy atom. The number of aromatic nitrogens is 1. The lowest BCUT2D eigenvalue weighted by Gasteiger charge is -2.23. The summed E-state index contributed by atoms with van der Waals surface area (Å²) < 4.78 is 7.24. The molecular weight excluding hydrogens is 408 g/mol. The molecule has 1 atom stereocenters. The van der Waals surface area contributed by atoms with Crippen molar-refractivity contribution in [3.8, 4) is 0 Å². The second kappa shape index (κ2) is 9.40. The first-order valence-electron chi connectivity index (χ1n) is 10.8. The number of methoxy groups -OCH3 is 1. The smallest absolute Gasteiger partial charge is 0.249 e. The monoisotopic (exact) mass is 436 g/mol. The molecule has 0 saturated carbocycles. The van der Waals surface area contributed by atoms with Crippen molar-refractivity contribution in [2.75, 3.05) is 32.2 Å². The van der Waals surface area contributed by atoms with E-state index in [1.54, 1.807) is 0 Å². The number of para-hydroxylation sites is 1. The molecule has 0 aliphatic carbocycles. The predicted molar refractivity (Wildman–Crippen MR) is 125 cm³/mol. The maximum Gasteiger partial charge on any atom is 0.249 e. The fourth-order valence-corrected chi connectivity index (χ4v) is 4.33. The zero-order valence-electron chi connectivity index (χ0n) is 18.6. The van der Waals surface area contributed by atoms with E-state index < -0.39 is 6.04 Å². The van der Waals surface area contributed by atoms with Crippen LogP contribution in [0.15, 0.2) is 47.6 Å². The zero-order chi connectivity index (χ0) is 22.7. The van der Waals surface area contributed by atoms with E-state index >= 15 is 0 Å². The highest BCUT2D eigenvalue weighted by Crippen LogP contribution is 2.31. The number of carbonyl (C=O) groups excluding carboxylic acids is 2. The lowest BCUT2D eigenvalue weighted by molar-refractivity contribution is -0.139. The number of fused-ring (bicyclic) bond motifs is 3. The highest BCUT2D eigenvalue weighted by Gasteiger charge is 2.38. The Labute approximate surface area is 186 Å². The van der Waals surface area contributed by atoms with Crippen LogP contribution in [-0.2, 0) is 25.7 Å². The summed E-state index contributed by atoms with van der Waals surface area (Å²) in [5.41, 5.74) is 3.64. The maximum absolute atomic E-state index is 13.2. The van der Waals surface area contributed by atoms with Gasteiger partial charge in [-0.15, -0.1) is 0 Å². The van der Waals surface area contributed by atoms with Gasteiger partial charge in [-0.3, -0.25) is 9.59 Å². The predicted octanol–water partition coefficient (Wildman–Crippen LogP) is 3.39. The number of rotatable bonds is 7. The van der Waals surface area contributed by atoms with Crippen molar-refractivity contribution in [2.24, 2.45) is 5.16 Å². The van der Waals surface area contributed by atoms with Crippen molar-refractivity contribution < 1.29 is 19.2 Å². The molecule has 32 heavy (non-hydrogen) atoms. The van der Waals surface area contributed by atoms with E-state index in [9.17, 15) is 9.59 Å². The molecule has 0 unspecified atom stereocenters. The van der Waals surface area contributed by atoms with Gasteiger partial charge in [0.15, 0.2) is 0 Å². The third-order valence-corrected chi connectivity index (χ3v) is 5.73. The lowest BCUT2D eigenvalue weighted by atomic mass is 10.1. The van der Waals surface area contributed by atoms with Crippen LogP contribution in [-0.4, -0.2) is 59.9 Å². The minimum Gasteiger partial charge on any atom is -0.396 e. The number of nitrogens with zero attached hydrogens (tertiary/aromatic N) is 3. The number of likely N-dealkylation sites (tertiary alicyclic amines) is 1. The van der Waals surface area contributed by atoms with Gasteiger partial charge < -0.3 is 24.4 Å². The fourth-order valence-electron chi connectivity index (χ4n) is 4.33. The summed E-state index contributed by atoms with van der Waals surface area (Å²) in [6, 6.07) is 13.5. The van der Waals surface area contributed by atoms with Crippen molar-refractivity contribution in [2.45, 2.75) is 32.9 Å². The SMILES string of the molecule is CCO/N=C1\C[C@@H](C(=O)Nc2ccc3c(c2)c2ccccc2n3CC)N(C(=O)COC)C1. The van der Waals surface area contributed by atoms with Crippen LogP contribution in [0.4, 0.5) is 5.69 Å². The van der Waals surface area contributed by atoms with Gasteiger partial charge in [0, 0.05) is 47.6 Å². The van der Waals surface area contributed by atoms with Gasteiger partial charge in [-0.1, -0.05) is 23.4 Å². The molecule has 1 aliphatic heterocycles. The molecule has 0 bridgehead atoms. The number of aryl methyl sites for hydroxylation is 1. The fraction of sp³-hybridized carbons (Fsp3) is 0.375. The highest BCUT2D eigenvalue weighted by molar-refractivity contribution is 6.11. The highest BCUT2D eigenvalue weighted by atomic mass is 16.6. The summed E-state index contributed by atoms with van der Waals surface area (Å²) >= 11 is 0. The van der Waals surface area contributed by atoms with Crippen LogP contribution in [0.25, 0.3) is 21.8 Å². The van der Waals surface area contributed by atoms with E-state index in [1.807, 2.05) is 37.3 Å². The van der Waals surface area contributed by atoms with Gasteiger partial charge >= 0.3 is 0 Å². The molecule has 8 heteroatoms. The van der Waals surface area contributed by atoms with Gasteiger partial charge in [-0.2, -0.15) is 0 Å². The number of ether oxygens (including phenoxy) is 1. The van der Waals surface area contributed by atoms with Gasteiger partial charge in [0.2, 0.25) is 11.8 Å². The van der Waals surface area contributed by atoms with Crippen molar-refractivity contribution in [3.05, 3.63) is 42.5 Å². The molecule has 1 fully saturated rings. The standard InChI is InChI=1S/C24H28N4O4/c1-4-27-20-9-7-6-8-18(20)19-12-16(10-11-21(19)27)25-24(30)22-13-17(26-32-5-2)14-28(22)23(29)15-31-3/h6-12,22H,4-5,13-15H2,1-3H3,(H,25,30)/b26-17+/t22-/m0/s1. The molecule has 3 aromatic rings.